The number of hydrogen-bond donors (Lipinski definition) is 2. The molecule has 0 saturated heterocycles. The largest absolute Gasteiger partial charge is 0.400 e. The molecule has 0 aromatic carbocycles. The first kappa shape index (κ1) is 20.7. The summed E-state index contributed by atoms with van der Waals surface area (Å²) in [6.45, 7) is 15.7. The van der Waals surface area contributed by atoms with Crippen molar-refractivity contribution in [2.75, 3.05) is 7.11 Å². The Kier molecular flexibility index (Phi) is 6.93. The smallest absolute Gasteiger partial charge is 0.0797 e. The molecule has 0 spiro atoms. The van der Waals surface area contributed by atoms with Crippen molar-refractivity contribution in [3.8, 4) is 0 Å². The summed E-state index contributed by atoms with van der Waals surface area (Å²) >= 11 is 0. The lowest BCUT2D eigenvalue weighted by molar-refractivity contribution is -0.0999. The van der Waals surface area contributed by atoms with Crippen molar-refractivity contribution in [3.63, 3.8) is 0 Å². The molecule has 2 nitrogen and oxygen atoms in total. The van der Waals surface area contributed by atoms with Crippen LogP contribution in [0.4, 0.5) is 0 Å². The van der Waals surface area contributed by atoms with Crippen LogP contribution in [0.3, 0.4) is 0 Å². The molecule has 136 valence electrons. The standard InChI is InChI=1S/C20H36O.CH4O/c1-7-19(5,21)14-11-16-15(2)9-10-17-18(3,4)12-8-13-20(16,17)6;1-2/h7,15-17,21H,1,8-14H2,2-6H3;2H,1H3. The molecule has 2 saturated carbocycles. The third-order valence-corrected chi connectivity index (χ3v) is 7.12. The van der Waals surface area contributed by atoms with Crippen LogP contribution < -0.4 is 0 Å². The van der Waals surface area contributed by atoms with E-state index < -0.39 is 5.60 Å². The van der Waals surface area contributed by atoms with Crippen LogP contribution >= 0.6 is 0 Å². The molecule has 0 bridgehead atoms. The van der Waals surface area contributed by atoms with Crippen molar-refractivity contribution in [2.24, 2.45) is 28.6 Å². The average Bonchev–Trinajstić information content (AvgIpc) is 2.47. The van der Waals surface area contributed by atoms with Gasteiger partial charge >= 0.3 is 0 Å². The second-order valence-corrected chi connectivity index (χ2v) is 9.16. The monoisotopic (exact) mass is 324 g/mol. The number of hydrogen-bond acceptors (Lipinski definition) is 2. The Morgan fingerprint density at radius 3 is 2.35 bits per heavy atom. The van der Waals surface area contributed by atoms with Crippen molar-refractivity contribution < 1.29 is 10.2 Å². The van der Waals surface area contributed by atoms with Gasteiger partial charge in [0, 0.05) is 7.11 Å². The topological polar surface area (TPSA) is 40.5 Å². The fourth-order valence-electron chi connectivity index (χ4n) is 5.78. The quantitative estimate of drug-likeness (QED) is 0.699. The number of rotatable bonds is 4. The van der Waals surface area contributed by atoms with Crippen LogP contribution in [0.1, 0.15) is 79.6 Å². The van der Waals surface area contributed by atoms with Gasteiger partial charge in [-0.25, -0.2) is 0 Å². The van der Waals surface area contributed by atoms with E-state index in [0.29, 0.717) is 10.8 Å². The van der Waals surface area contributed by atoms with Crippen LogP contribution in [0.2, 0.25) is 0 Å². The summed E-state index contributed by atoms with van der Waals surface area (Å²) in [5.74, 6) is 2.40. The Hall–Kier alpha value is -0.340. The van der Waals surface area contributed by atoms with E-state index in [9.17, 15) is 5.11 Å². The normalized spacial score (nSPS) is 38.5. The van der Waals surface area contributed by atoms with E-state index in [-0.39, 0.29) is 0 Å². The zero-order valence-corrected chi connectivity index (χ0v) is 16.4. The van der Waals surface area contributed by atoms with Gasteiger partial charge in [-0.2, -0.15) is 0 Å². The van der Waals surface area contributed by atoms with Crippen LogP contribution in [0, 0.1) is 28.6 Å². The molecular formula is C21H40O2. The lowest BCUT2D eigenvalue weighted by Gasteiger charge is -2.59. The third kappa shape index (κ3) is 4.39. The van der Waals surface area contributed by atoms with Crippen LogP contribution in [0.25, 0.3) is 0 Å². The van der Waals surface area contributed by atoms with E-state index in [0.717, 1.165) is 37.7 Å². The first-order valence-electron chi connectivity index (χ1n) is 9.43. The fourth-order valence-corrected chi connectivity index (χ4v) is 5.78. The molecule has 0 aromatic rings. The number of aliphatic hydroxyl groups excluding tert-OH is 1. The molecule has 0 radical (unpaired) electrons. The molecule has 2 fully saturated rings. The molecule has 2 heteroatoms. The zero-order valence-electron chi connectivity index (χ0n) is 16.4. The molecule has 23 heavy (non-hydrogen) atoms. The van der Waals surface area contributed by atoms with E-state index >= 15 is 0 Å². The summed E-state index contributed by atoms with van der Waals surface area (Å²) in [5.41, 5.74) is 0.260. The number of aliphatic hydroxyl groups is 2. The lowest BCUT2D eigenvalue weighted by atomic mass is 9.46. The summed E-state index contributed by atoms with van der Waals surface area (Å²) < 4.78 is 0. The van der Waals surface area contributed by atoms with Gasteiger partial charge in [-0.3, -0.25) is 0 Å². The summed E-state index contributed by atoms with van der Waals surface area (Å²) in [6, 6.07) is 0. The van der Waals surface area contributed by atoms with Crippen LogP contribution in [-0.2, 0) is 0 Å². The number of fused-ring (bicyclic) bond motifs is 1. The second-order valence-electron chi connectivity index (χ2n) is 9.16. The summed E-state index contributed by atoms with van der Waals surface area (Å²) in [7, 11) is 1.00. The van der Waals surface area contributed by atoms with Gasteiger partial charge in [0.2, 0.25) is 0 Å². The fraction of sp³-hybridized carbons (Fsp3) is 0.905. The van der Waals surface area contributed by atoms with Gasteiger partial charge in [-0.05, 0) is 67.6 Å². The molecular weight excluding hydrogens is 284 g/mol. The highest BCUT2D eigenvalue weighted by Gasteiger charge is 2.53. The van der Waals surface area contributed by atoms with Gasteiger partial charge in [0.1, 0.15) is 0 Å². The molecule has 2 aliphatic carbocycles. The van der Waals surface area contributed by atoms with Gasteiger partial charge in [-0.15, -0.1) is 6.58 Å². The second kappa shape index (κ2) is 7.70. The first-order valence-corrected chi connectivity index (χ1v) is 9.43. The minimum absolute atomic E-state index is 0.469. The Labute approximate surface area is 144 Å². The van der Waals surface area contributed by atoms with Gasteiger partial charge in [0.05, 0.1) is 5.60 Å². The molecule has 5 atom stereocenters. The van der Waals surface area contributed by atoms with E-state index in [1.165, 1.54) is 32.1 Å². The molecule has 0 aromatic heterocycles. The summed E-state index contributed by atoms with van der Waals surface area (Å²) in [5, 5.41) is 17.3. The molecule has 0 amide bonds. The molecule has 0 aliphatic heterocycles. The van der Waals surface area contributed by atoms with Crippen molar-refractivity contribution in [1.29, 1.82) is 0 Å². The highest BCUT2D eigenvalue weighted by molar-refractivity contribution is 5.03. The van der Waals surface area contributed by atoms with E-state index in [4.69, 9.17) is 5.11 Å². The van der Waals surface area contributed by atoms with Crippen molar-refractivity contribution in [1.82, 2.24) is 0 Å². The molecule has 2 N–H and O–H groups in total. The Balaban J connectivity index is 0.00000127. The van der Waals surface area contributed by atoms with Gasteiger partial charge in [0.15, 0.2) is 0 Å². The lowest BCUT2D eigenvalue weighted by Crippen LogP contribution is -2.51. The van der Waals surface area contributed by atoms with Gasteiger partial charge in [-0.1, -0.05) is 46.6 Å². The highest BCUT2D eigenvalue weighted by atomic mass is 16.3. The first-order chi connectivity index (χ1) is 10.6. The van der Waals surface area contributed by atoms with E-state index in [1.807, 2.05) is 6.92 Å². The average molecular weight is 325 g/mol. The van der Waals surface area contributed by atoms with Crippen LogP contribution in [0.15, 0.2) is 12.7 Å². The minimum atomic E-state index is -0.701. The molecule has 0 heterocycles. The Bertz CT molecular complexity index is 385. The van der Waals surface area contributed by atoms with Crippen molar-refractivity contribution >= 4 is 0 Å². The molecule has 5 unspecified atom stereocenters. The van der Waals surface area contributed by atoms with Crippen molar-refractivity contribution in [3.05, 3.63) is 12.7 Å². The molecule has 2 rings (SSSR count). The predicted octanol–water partition coefficient (Wildman–Crippen LogP) is 5.19. The maximum absolute atomic E-state index is 10.3. The van der Waals surface area contributed by atoms with Gasteiger partial charge in [0.25, 0.3) is 0 Å². The highest BCUT2D eigenvalue weighted by Crippen LogP contribution is 2.62. The maximum Gasteiger partial charge on any atom is 0.0797 e. The zero-order chi connectivity index (χ0) is 17.9. The SMILES string of the molecule is C=CC(C)(O)CCC1C(C)CCC2C(C)(C)CCCC12C.CO. The third-order valence-electron chi connectivity index (χ3n) is 7.12. The van der Waals surface area contributed by atoms with E-state index in [2.05, 4.69) is 34.3 Å². The van der Waals surface area contributed by atoms with Crippen LogP contribution in [0.5, 0.6) is 0 Å². The predicted molar refractivity (Wildman–Crippen MR) is 99.3 cm³/mol. The minimum Gasteiger partial charge on any atom is -0.400 e. The summed E-state index contributed by atoms with van der Waals surface area (Å²) in [4.78, 5) is 0. The van der Waals surface area contributed by atoms with E-state index in [1.54, 1.807) is 6.08 Å². The summed E-state index contributed by atoms with van der Waals surface area (Å²) in [6.07, 6.45) is 10.6. The van der Waals surface area contributed by atoms with Crippen LogP contribution in [-0.4, -0.2) is 22.9 Å². The maximum atomic E-state index is 10.3. The Morgan fingerprint density at radius 2 is 1.78 bits per heavy atom. The Morgan fingerprint density at radius 1 is 1.17 bits per heavy atom. The van der Waals surface area contributed by atoms with Gasteiger partial charge < -0.3 is 10.2 Å². The molecule has 2 aliphatic rings. The van der Waals surface area contributed by atoms with Crippen molar-refractivity contribution in [2.45, 2.75) is 85.2 Å².